The average molecular weight is 542 g/mol. The number of nitrogens with one attached hydrogen (secondary N) is 1. The number of rotatable bonds is 9. The first-order chi connectivity index (χ1) is 17.5. The monoisotopic (exact) mass is 541 g/mol. The van der Waals surface area contributed by atoms with E-state index < -0.39 is 47.4 Å². The molecular formula is C23H20F5N5O3S. The van der Waals surface area contributed by atoms with E-state index in [1.54, 1.807) is 0 Å². The zero-order chi connectivity index (χ0) is 26.8. The van der Waals surface area contributed by atoms with Gasteiger partial charge in [-0.3, -0.25) is 4.79 Å². The van der Waals surface area contributed by atoms with Gasteiger partial charge in [-0.25, -0.2) is 23.7 Å². The first kappa shape index (κ1) is 26.6. The number of nitrogens with zero attached hydrogens (tertiary/aromatic N) is 3. The van der Waals surface area contributed by atoms with E-state index in [1.807, 2.05) is 0 Å². The van der Waals surface area contributed by atoms with E-state index in [0.717, 1.165) is 24.0 Å². The summed E-state index contributed by atoms with van der Waals surface area (Å²) in [6, 6.07) is 3.51. The van der Waals surface area contributed by atoms with Gasteiger partial charge in [-0.2, -0.15) is 13.2 Å². The lowest BCUT2D eigenvalue weighted by molar-refractivity contribution is -0.174. The maximum absolute atomic E-state index is 15.0. The second-order valence-corrected chi connectivity index (χ2v) is 9.86. The molecule has 0 saturated heterocycles. The molecule has 0 unspecified atom stereocenters. The maximum atomic E-state index is 15.0. The highest BCUT2D eigenvalue weighted by Crippen LogP contribution is 2.66. The molecule has 3 N–H and O–H groups in total. The molecular weight excluding hydrogens is 521 g/mol. The predicted molar refractivity (Wildman–Crippen MR) is 125 cm³/mol. The number of ether oxygens (including phenoxy) is 2. The number of carbonyl (C=O) groups is 1. The molecule has 8 nitrogen and oxygen atoms in total. The van der Waals surface area contributed by atoms with Gasteiger partial charge in [0.2, 0.25) is 5.88 Å². The first-order valence-corrected chi connectivity index (χ1v) is 11.6. The molecule has 1 aromatic heterocycles. The van der Waals surface area contributed by atoms with Gasteiger partial charge in [-0.1, -0.05) is 17.7 Å². The van der Waals surface area contributed by atoms with Crippen LogP contribution in [0.25, 0.3) is 0 Å². The Kier molecular flexibility index (Phi) is 7.29. The van der Waals surface area contributed by atoms with Gasteiger partial charge in [0.05, 0.1) is 23.7 Å². The van der Waals surface area contributed by atoms with Crippen molar-refractivity contribution >= 4 is 28.5 Å². The van der Waals surface area contributed by atoms with E-state index >= 15 is 4.39 Å². The lowest BCUT2D eigenvalue weighted by Crippen LogP contribution is -2.41. The predicted octanol–water partition coefficient (Wildman–Crippen LogP) is 3.44. The summed E-state index contributed by atoms with van der Waals surface area (Å²) in [4.78, 5) is 24.7. The minimum atomic E-state index is -4.53. The SMILES string of the molecule is C#CCOc1cnc(C(=O)Nc2ccc(F)c([C@@]3(CF)N=C(N)S[C@@]4(COCC(F)(F)F)C[C@H]43)c2)cn1. The van der Waals surface area contributed by atoms with Crippen LogP contribution in [0.5, 0.6) is 5.88 Å². The zero-order valence-electron chi connectivity index (χ0n) is 19.0. The molecule has 2 heterocycles. The number of hydrogen-bond donors (Lipinski definition) is 2. The number of nitrogens with two attached hydrogens (primary N) is 1. The highest BCUT2D eigenvalue weighted by Gasteiger charge is 2.68. The van der Waals surface area contributed by atoms with Crippen LogP contribution in [0.15, 0.2) is 35.6 Å². The first-order valence-electron chi connectivity index (χ1n) is 10.8. The number of amides is 1. The normalized spacial score (nSPS) is 24.4. The van der Waals surface area contributed by atoms with Gasteiger partial charge in [0.15, 0.2) is 11.8 Å². The number of terminal acetylenes is 1. The van der Waals surface area contributed by atoms with Crippen molar-refractivity contribution in [1.29, 1.82) is 0 Å². The van der Waals surface area contributed by atoms with Crippen LogP contribution in [-0.2, 0) is 10.3 Å². The molecule has 196 valence electrons. The van der Waals surface area contributed by atoms with E-state index in [1.165, 1.54) is 18.3 Å². The molecule has 3 atom stereocenters. The van der Waals surface area contributed by atoms with Gasteiger partial charge >= 0.3 is 6.18 Å². The minimum absolute atomic E-state index is 0.0306. The van der Waals surface area contributed by atoms with E-state index in [-0.39, 0.29) is 47.6 Å². The summed E-state index contributed by atoms with van der Waals surface area (Å²) in [5.74, 6) is 0.188. The third-order valence-corrected chi connectivity index (χ3v) is 7.17. The fourth-order valence-electron chi connectivity index (χ4n) is 4.23. The number of anilines is 1. The van der Waals surface area contributed by atoms with Crippen LogP contribution in [0.4, 0.5) is 27.6 Å². The average Bonchev–Trinajstić information content (AvgIpc) is 3.57. The largest absolute Gasteiger partial charge is 0.463 e. The Bertz CT molecular complexity index is 1250. The Hall–Kier alpha value is -3.44. The topological polar surface area (TPSA) is 112 Å². The van der Waals surface area contributed by atoms with Gasteiger partial charge in [-0.05, 0) is 24.6 Å². The zero-order valence-corrected chi connectivity index (χ0v) is 19.8. The molecule has 2 aliphatic rings. The number of amidine groups is 1. The van der Waals surface area contributed by atoms with E-state index in [9.17, 15) is 22.4 Å². The molecule has 0 bridgehead atoms. The second-order valence-electron chi connectivity index (χ2n) is 8.42. The molecule has 4 rings (SSSR count). The number of aromatic nitrogens is 2. The Labute approximate surface area is 212 Å². The molecule has 1 fully saturated rings. The number of hydrogen-bond acceptors (Lipinski definition) is 8. The summed E-state index contributed by atoms with van der Waals surface area (Å²) in [7, 11) is 0. The van der Waals surface area contributed by atoms with Crippen LogP contribution in [0.2, 0.25) is 0 Å². The van der Waals surface area contributed by atoms with Gasteiger partial charge in [0.25, 0.3) is 5.91 Å². The molecule has 1 amide bonds. The van der Waals surface area contributed by atoms with Crippen LogP contribution in [0.3, 0.4) is 0 Å². The van der Waals surface area contributed by atoms with Gasteiger partial charge in [0, 0.05) is 17.2 Å². The van der Waals surface area contributed by atoms with Crippen LogP contribution < -0.4 is 15.8 Å². The lowest BCUT2D eigenvalue weighted by Gasteiger charge is -2.35. The minimum Gasteiger partial charge on any atom is -0.463 e. The quantitative estimate of drug-likeness (QED) is 0.370. The summed E-state index contributed by atoms with van der Waals surface area (Å²) in [6.45, 7) is -3.04. The van der Waals surface area contributed by atoms with Crippen molar-refractivity contribution in [3.05, 3.63) is 47.7 Å². The Morgan fingerprint density at radius 2 is 2.11 bits per heavy atom. The lowest BCUT2D eigenvalue weighted by atomic mass is 9.84. The molecule has 0 radical (unpaired) electrons. The van der Waals surface area contributed by atoms with E-state index in [4.69, 9.17) is 21.6 Å². The van der Waals surface area contributed by atoms with Crippen molar-refractivity contribution in [3.63, 3.8) is 0 Å². The molecule has 1 aliphatic heterocycles. The molecule has 1 saturated carbocycles. The molecule has 1 aliphatic carbocycles. The number of halogens is 5. The Morgan fingerprint density at radius 1 is 1.32 bits per heavy atom. The maximum Gasteiger partial charge on any atom is 0.411 e. The van der Waals surface area contributed by atoms with Gasteiger partial charge < -0.3 is 20.5 Å². The molecule has 2 aromatic rings. The summed E-state index contributed by atoms with van der Waals surface area (Å²) in [5.41, 5.74) is 3.95. The summed E-state index contributed by atoms with van der Waals surface area (Å²) in [5, 5.41) is 2.43. The fourth-order valence-corrected chi connectivity index (χ4v) is 5.59. The van der Waals surface area contributed by atoms with Crippen molar-refractivity contribution < 1.29 is 36.2 Å². The number of alkyl halides is 4. The smallest absolute Gasteiger partial charge is 0.411 e. The molecule has 1 aromatic carbocycles. The van der Waals surface area contributed by atoms with Crippen molar-refractivity contribution in [2.24, 2.45) is 16.6 Å². The number of aliphatic imine (C=N–C) groups is 1. The van der Waals surface area contributed by atoms with Crippen molar-refractivity contribution in [3.8, 4) is 18.2 Å². The summed E-state index contributed by atoms with van der Waals surface area (Å²) in [6.07, 6.45) is 3.13. The van der Waals surface area contributed by atoms with Crippen molar-refractivity contribution in [1.82, 2.24) is 9.97 Å². The van der Waals surface area contributed by atoms with Crippen LogP contribution in [-0.4, -0.2) is 58.5 Å². The van der Waals surface area contributed by atoms with Crippen LogP contribution in [0.1, 0.15) is 22.5 Å². The molecule has 0 spiro atoms. The highest BCUT2D eigenvalue weighted by atomic mass is 32.2. The van der Waals surface area contributed by atoms with Gasteiger partial charge in [-0.15, -0.1) is 6.42 Å². The number of carbonyl (C=O) groups excluding carboxylic acids is 1. The second kappa shape index (κ2) is 10.1. The van der Waals surface area contributed by atoms with Crippen LogP contribution >= 0.6 is 11.8 Å². The molecule has 14 heteroatoms. The number of thioether (sulfide) groups is 1. The number of fused-ring (bicyclic) bond motifs is 1. The van der Waals surface area contributed by atoms with Gasteiger partial charge in [0.1, 0.15) is 30.3 Å². The van der Waals surface area contributed by atoms with Crippen molar-refractivity contribution in [2.45, 2.75) is 22.9 Å². The standard InChI is InChI=1S/C23H20F5N5O3S/c1-2-5-36-18-9-30-16(8-31-18)19(34)32-13-3-4-15(25)14(6-13)22(10-24)17-7-21(17,37-20(29)33-22)11-35-12-23(26,27)28/h1,3-4,6,8-9,17H,5,7,10-12H2,(H2,29,33)(H,32,34)/t17-,21-,22-/m1/s1. The molecule has 37 heavy (non-hydrogen) atoms. The third-order valence-electron chi connectivity index (χ3n) is 5.89. The Morgan fingerprint density at radius 3 is 2.76 bits per heavy atom. The summed E-state index contributed by atoms with van der Waals surface area (Å²) >= 11 is 0.990. The third kappa shape index (κ3) is 5.62. The van der Waals surface area contributed by atoms with Crippen LogP contribution in [0, 0.1) is 24.1 Å². The fraction of sp³-hybridized carbons (Fsp3) is 0.391. The van der Waals surface area contributed by atoms with E-state index in [2.05, 4.69) is 26.2 Å². The van der Waals surface area contributed by atoms with Crippen molar-refractivity contribution in [2.75, 3.05) is 31.8 Å². The summed E-state index contributed by atoms with van der Waals surface area (Å²) < 4.78 is 76.3. The highest BCUT2D eigenvalue weighted by molar-refractivity contribution is 8.15. The Balaban J connectivity index is 1.56. The number of benzene rings is 1. The van der Waals surface area contributed by atoms with E-state index in [0.29, 0.717) is 0 Å².